The summed E-state index contributed by atoms with van der Waals surface area (Å²) in [5.74, 6) is 0.377. The van der Waals surface area contributed by atoms with Crippen LogP contribution in [0.4, 0.5) is 0 Å². The maximum absolute atomic E-state index is 12.9. The lowest BCUT2D eigenvalue weighted by atomic mass is 10.0. The van der Waals surface area contributed by atoms with E-state index in [9.17, 15) is 9.59 Å². The minimum absolute atomic E-state index is 0.0282. The number of rotatable bonds is 2. The van der Waals surface area contributed by atoms with E-state index in [-0.39, 0.29) is 29.9 Å². The van der Waals surface area contributed by atoms with Crippen molar-refractivity contribution in [2.75, 3.05) is 19.6 Å². The van der Waals surface area contributed by atoms with E-state index in [2.05, 4.69) is 10.2 Å². The average molecular weight is 332 g/mol. The van der Waals surface area contributed by atoms with E-state index in [1.165, 1.54) is 0 Å². The van der Waals surface area contributed by atoms with Crippen molar-refractivity contribution in [2.24, 2.45) is 5.92 Å². The molecule has 2 aliphatic heterocycles. The Labute approximate surface area is 141 Å². The molecule has 7 heteroatoms. The number of ether oxygens (including phenoxy) is 1. The van der Waals surface area contributed by atoms with Gasteiger partial charge in [0.05, 0.1) is 12.2 Å². The van der Waals surface area contributed by atoms with Crippen LogP contribution in [0.5, 0.6) is 0 Å². The largest absolute Gasteiger partial charge is 0.372 e. The molecular weight excluding hydrogens is 308 g/mol. The second kappa shape index (κ2) is 5.88. The van der Waals surface area contributed by atoms with E-state index in [1.54, 1.807) is 0 Å². The van der Waals surface area contributed by atoms with Crippen molar-refractivity contribution < 1.29 is 14.3 Å². The summed E-state index contributed by atoms with van der Waals surface area (Å²) in [5, 5.41) is 7.29. The molecule has 1 aromatic rings. The molecule has 4 rings (SSSR count). The Morgan fingerprint density at radius 1 is 1.17 bits per heavy atom. The van der Waals surface area contributed by atoms with Gasteiger partial charge in [0, 0.05) is 49.8 Å². The minimum Gasteiger partial charge on any atom is -0.372 e. The highest BCUT2D eigenvalue weighted by Crippen LogP contribution is 2.33. The van der Waals surface area contributed by atoms with Gasteiger partial charge in [0.1, 0.15) is 0 Å². The van der Waals surface area contributed by atoms with E-state index in [0.717, 1.165) is 30.5 Å². The van der Waals surface area contributed by atoms with Crippen molar-refractivity contribution in [3.05, 3.63) is 17.0 Å². The number of aromatic nitrogens is 2. The first-order chi connectivity index (χ1) is 11.5. The summed E-state index contributed by atoms with van der Waals surface area (Å²) in [6.45, 7) is 6.32. The van der Waals surface area contributed by atoms with Crippen molar-refractivity contribution in [3.8, 4) is 0 Å². The average Bonchev–Trinajstić information content (AvgIpc) is 3.32. The number of nitrogens with one attached hydrogen (secondary N) is 1. The van der Waals surface area contributed by atoms with Crippen LogP contribution in [-0.4, -0.2) is 63.7 Å². The Morgan fingerprint density at radius 3 is 2.54 bits per heavy atom. The Bertz CT molecular complexity index is 657. The lowest BCUT2D eigenvalue weighted by Gasteiger charge is -2.35. The second-order valence-electron chi connectivity index (χ2n) is 7.28. The van der Waals surface area contributed by atoms with Crippen molar-refractivity contribution in [2.45, 2.75) is 51.9 Å². The molecule has 0 aromatic carbocycles. The summed E-state index contributed by atoms with van der Waals surface area (Å²) in [5.41, 5.74) is 2.36. The van der Waals surface area contributed by atoms with Crippen LogP contribution in [0.25, 0.3) is 0 Å². The van der Waals surface area contributed by atoms with Gasteiger partial charge < -0.3 is 14.5 Å². The molecule has 2 atom stereocenters. The molecule has 24 heavy (non-hydrogen) atoms. The Balaban J connectivity index is 1.53. The molecule has 2 amide bonds. The van der Waals surface area contributed by atoms with Crippen LogP contribution >= 0.6 is 0 Å². The number of aromatic amines is 1. The summed E-state index contributed by atoms with van der Waals surface area (Å²) in [4.78, 5) is 29.0. The summed E-state index contributed by atoms with van der Waals surface area (Å²) in [7, 11) is 0. The van der Waals surface area contributed by atoms with Gasteiger partial charge in [0.2, 0.25) is 5.91 Å². The monoisotopic (exact) mass is 332 g/mol. The fourth-order valence-electron chi connectivity index (χ4n) is 3.74. The van der Waals surface area contributed by atoms with Gasteiger partial charge in [-0.15, -0.1) is 0 Å². The molecule has 1 N–H and O–H groups in total. The molecule has 0 unspecified atom stereocenters. The van der Waals surface area contributed by atoms with Crippen LogP contribution in [-0.2, 0) is 22.5 Å². The summed E-state index contributed by atoms with van der Waals surface area (Å²) in [6.07, 6.45) is 2.80. The second-order valence-corrected chi connectivity index (χ2v) is 7.28. The van der Waals surface area contributed by atoms with Crippen molar-refractivity contribution in [1.29, 1.82) is 0 Å². The molecule has 0 spiro atoms. The zero-order chi connectivity index (χ0) is 16.8. The SMILES string of the molecule is C[C@@H]1CN(C(=O)c2n[nH]c3c2CN(C(=O)C2CC2)CC3)C[C@H](C)O1. The Kier molecular flexibility index (Phi) is 3.83. The number of fused-ring (bicyclic) bond motifs is 1. The molecule has 0 radical (unpaired) electrons. The molecule has 1 saturated carbocycles. The number of hydrogen-bond donors (Lipinski definition) is 1. The van der Waals surface area contributed by atoms with Gasteiger partial charge in [-0.25, -0.2) is 0 Å². The number of morpholine rings is 1. The number of amides is 2. The van der Waals surface area contributed by atoms with Crippen molar-refractivity contribution in [3.63, 3.8) is 0 Å². The van der Waals surface area contributed by atoms with Gasteiger partial charge in [-0.05, 0) is 26.7 Å². The fourth-order valence-corrected chi connectivity index (χ4v) is 3.74. The minimum atomic E-state index is -0.0600. The van der Waals surface area contributed by atoms with Gasteiger partial charge in [-0.1, -0.05) is 0 Å². The number of H-pyrrole nitrogens is 1. The first-order valence-electron chi connectivity index (χ1n) is 8.82. The van der Waals surface area contributed by atoms with E-state index in [4.69, 9.17) is 4.74 Å². The van der Waals surface area contributed by atoms with Crippen LogP contribution in [0.1, 0.15) is 48.4 Å². The lowest BCUT2D eigenvalue weighted by molar-refractivity contribution is -0.133. The summed E-state index contributed by atoms with van der Waals surface area (Å²) in [6, 6.07) is 0. The van der Waals surface area contributed by atoms with Gasteiger partial charge in [-0.3, -0.25) is 14.7 Å². The standard InChI is InChI=1S/C17H24N4O3/c1-10-7-21(8-11(2)24-10)17(23)15-13-9-20(16(22)12-3-4-12)6-5-14(13)18-19-15/h10-12H,3-9H2,1-2H3,(H,18,19)/t10-,11+. The zero-order valence-electron chi connectivity index (χ0n) is 14.2. The Morgan fingerprint density at radius 2 is 1.88 bits per heavy atom. The molecule has 1 aromatic heterocycles. The van der Waals surface area contributed by atoms with Crippen molar-refractivity contribution >= 4 is 11.8 Å². The number of carbonyl (C=O) groups is 2. The Hall–Kier alpha value is -1.89. The number of carbonyl (C=O) groups excluding carboxylic acids is 2. The highest BCUT2D eigenvalue weighted by molar-refractivity contribution is 5.94. The van der Waals surface area contributed by atoms with E-state index in [1.807, 2.05) is 23.6 Å². The van der Waals surface area contributed by atoms with Gasteiger partial charge in [-0.2, -0.15) is 5.10 Å². The summed E-state index contributed by atoms with van der Waals surface area (Å²) < 4.78 is 5.70. The molecule has 3 heterocycles. The molecule has 1 saturated heterocycles. The van der Waals surface area contributed by atoms with Gasteiger partial charge >= 0.3 is 0 Å². The molecular formula is C17H24N4O3. The van der Waals surface area contributed by atoms with Crippen LogP contribution < -0.4 is 0 Å². The number of nitrogens with zero attached hydrogens (tertiary/aromatic N) is 3. The molecule has 3 aliphatic rings. The third-order valence-corrected chi connectivity index (χ3v) is 5.08. The van der Waals surface area contributed by atoms with Crippen LogP contribution in [0.2, 0.25) is 0 Å². The van der Waals surface area contributed by atoms with Crippen molar-refractivity contribution in [1.82, 2.24) is 20.0 Å². The highest BCUT2D eigenvalue weighted by atomic mass is 16.5. The van der Waals surface area contributed by atoms with E-state index < -0.39 is 0 Å². The molecule has 130 valence electrons. The smallest absolute Gasteiger partial charge is 0.274 e. The maximum Gasteiger partial charge on any atom is 0.274 e. The van der Waals surface area contributed by atoms with Crippen LogP contribution in [0.15, 0.2) is 0 Å². The molecule has 2 fully saturated rings. The lowest BCUT2D eigenvalue weighted by Crippen LogP contribution is -2.48. The van der Waals surface area contributed by atoms with Crippen LogP contribution in [0.3, 0.4) is 0 Å². The topological polar surface area (TPSA) is 78.5 Å². The van der Waals surface area contributed by atoms with Gasteiger partial charge in [0.25, 0.3) is 5.91 Å². The quantitative estimate of drug-likeness (QED) is 0.875. The maximum atomic E-state index is 12.9. The highest BCUT2D eigenvalue weighted by Gasteiger charge is 2.37. The molecule has 1 aliphatic carbocycles. The fraction of sp³-hybridized carbons (Fsp3) is 0.706. The van der Waals surface area contributed by atoms with E-state index >= 15 is 0 Å². The first kappa shape index (κ1) is 15.6. The zero-order valence-corrected chi connectivity index (χ0v) is 14.2. The predicted octanol–water partition coefficient (Wildman–Crippen LogP) is 0.954. The normalized spacial score (nSPS) is 27.1. The number of hydrogen-bond acceptors (Lipinski definition) is 4. The third-order valence-electron chi connectivity index (χ3n) is 5.08. The third kappa shape index (κ3) is 2.81. The van der Waals surface area contributed by atoms with Gasteiger partial charge in [0.15, 0.2) is 5.69 Å². The predicted molar refractivity (Wildman–Crippen MR) is 86.3 cm³/mol. The van der Waals surface area contributed by atoms with E-state index in [0.29, 0.717) is 31.9 Å². The molecule has 7 nitrogen and oxygen atoms in total. The summed E-state index contributed by atoms with van der Waals surface area (Å²) >= 11 is 0. The van der Waals surface area contributed by atoms with Crippen LogP contribution in [0, 0.1) is 5.92 Å². The molecule has 0 bridgehead atoms. The first-order valence-corrected chi connectivity index (χ1v) is 8.82.